The lowest BCUT2D eigenvalue weighted by molar-refractivity contribution is -0.119. The molecule has 2 aliphatic carbocycles. The quantitative estimate of drug-likeness (QED) is 0.453. The molecule has 0 atom stereocenters. The monoisotopic (exact) mass is 562 g/mol. The Hall–Kier alpha value is -3.19. The minimum absolute atomic E-state index is 0.0951. The molecule has 0 bridgehead atoms. The van der Waals surface area contributed by atoms with Crippen molar-refractivity contribution >= 4 is 39.1 Å². The maximum Gasteiger partial charge on any atom is 0.262 e. The van der Waals surface area contributed by atoms with Crippen LogP contribution in [0.3, 0.4) is 0 Å². The van der Waals surface area contributed by atoms with Crippen molar-refractivity contribution in [2.75, 3.05) is 18.5 Å². The first-order valence-corrected chi connectivity index (χ1v) is 13.8. The van der Waals surface area contributed by atoms with Crippen molar-refractivity contribution in [3.8, 4) is 5.75 Å². The number of hydrogen-bond donors (Lipinski definition) is 1. The van der Waals surface area contributed by atoms with Gasteiger partial charge in [-0.3, -0.25) is 14.4 Å². The summed E-state index contributed by atoms with van der Waals surface area (Å²) in [4.78, 5) is 41.7. The molecule has 7 heteroatoms. The van der Waals surface area contributed by atoms with E-state index < -0.39 is 5.92 Å². The molecule has 1 aliphatic heterocycles. The molecule has 2 aromatic rings. The number of rotatable bonds is 6. The number of benzene rings is 2. The summed E-state index contributed by atoms with van der Waals surface area (Å²) < 4.78 is 6.90. The van der Waals surface area contributed by atoms with Gasteiger partial charge in [0.1, 0.15) is 5.75 Å². The van der Waals surface area contributed by atoms with Gasteiger partial charge in [0.2, 0.25) is 0 Å². The van der Waals surface area contributed by atoms with E-state index in [9.17, 15) is 14.4 Å². The molecule has 0 spiro atoms. The predicted octanol–water partition coefficient (Wildman–Crippen LogP) is 6.21. The number of Topliss-reactive ketones (excluding diaryl/α,β-unsaturated/α-hetero) is 2. The molecule has 6 nitrogen and oxygen atoms in total. The molecule has 1 heterocycles. The van der Waals surface area contributed by atoms with Gasteiger partial charge in [-0.15, -0.1) is 0 Å². The molecule has 192 valence electrons. The van der Waals surface area contributed by atoms with Gasteiger partial charge in [0, 0.05) is 63.6 Å². The maximum atomic E-state index is 13.4. The summed E-state index contributed by atoms with van der Waals surface area (Å²) in [5.74, 6) is -0.0649. The van der Waals surface area contributed by atoms with Crippen molar-refractivity contribution in [2.24, 2.45) is 0 Å². The normalized spacial score (nSPS) is 18.1. The number of anilines is 1. The second-order valence-corrected chi connectivity index (χ2v) is 10.8. The Morgan fingerprint density at radius 2 is 1.59 bits per heavy atom. The van der Waals surface area contributed by atoms with Crippen LogP contribution in [0, 0.1) is 6.92 Å². The van der Waals surface area contributed by atoms with Gasteiger partial charge in [-0.05, 0) is 69.9 Å². The maximum absolute atomic E-state index is 13.4. The fourth-order valence-electron chi connectivity index (χ4n) is 5.76. The third-order valence-corrected chi connectivity index (χ3v) is 7.87. The highest BCUT2D eigenvalue weighted by molar-refractivity contribution is 9.10. The number of ketones is 2. The Labute approximate surface area is 225 Å². The summed E-state index contributed by atoms with van der Waals surface area (Å²) in [5.41, 5.74) is 6.08. The van der Waals surface area contributed by atoms with Gasteiger partial charge in [0.15, 0.2) is 18.2 Å². The van der Waals surface area contributed by atoms with Crippen molar-refractivity contribution < 1.29 is 19.1 Å². The first-order valence-electron chi connectivity index (χ1n) is 13.0. The van der Waals surface area contributed by atoms with E-state index in [1.54, 1.807) is 0 Å². The molecule has 0 saturated heterocycles. The number of hydrogen-bond acceptors (Lipinski definition) is 5. The van der Waals surface area contributed by atoms with Crippen LogP contribution in [-0.4, -0.2) is 35.5 Å². The summed E-state index contributed by atoms with van der Waals surface area (Å²) in [5, 5.41) is 2.86. The van der Waals surface area contributed by atoms with E-state index in [-0.39, 0.29) is 24.1 Å². The van der Waals surface area contributed by atoms with Crippen molar-refractivity contribution in [1.82, 2.24) is 4.90 Å². The molecule has 37 heavy (non-hydrogen) atoms. The fourth-order valence-corrected chi connectivity index (χ4v) is 6.14. The summed E-state index contributed by atoms with van der Waals surface area (Å²) in [6.45, 7) is 4.61. The van der Waals surface area contributed by atoms with Crippen LogP contribution in [0.1, 0.15) is 62.5 Å². The van der Waals surface area contributed by atoms with Gasteiger partial charge in [-0.25, -0.2) is 0 Å². The van der Waals surface area contributed by atoms with Crippen LogP contribution in [0.5, 0.6) is 5.75 Å². The van der Waals surface area contributed by atoms with Gasteiger partial charge in [0.05, 0.1) is 0 Å². The van der Waals surface area contributed by atoms with Crippen LogP contribution in [-0.2, 0) is 14.4 Å². The van der Waals surface area contributed by atoms with Gasteiger partial charge >= 0.3 is 0 Å². The van der Waals surface area contributed by atoms with E-state index >= 15 is 0 Å². The number of amides is 1. The summed E-state index contributed by atoms with van der Waals surface area (Å²) >= 11 is 3.58. The zero-order valence-corrected chi connectivity index (χ0v) is 22.8. The lowest BCUT2D eigenvalue weighted by Crippen LogP contribution is -2.39. The Morgan fingerprint density at radius 3 is 2.19 bits per heavy atom. The molecule has 0 unspecified atom stereocenters. The zero-order chi connectivity index (χ0) is 26.1. The molecule has 0 fully saturated rings. The highest BCUT2D eigenvalue weighted by Gasteiger charge is 2.43. The number of carbonyl (C=O) groups is 3. The Bertz CT molecular complexity index is 1280. The SMILES string of the molecule is CCN1C2=C(C(=O)CCC2)C(c2cc(Br)ccc2OCC(=O)Nc2ccc(C)cc2)C2=C1CCCC2=O. The largest absolute Gasteiger partial charge is 0.483 e. The van der Waals surface area contributed by atoms with Gasteiger partial charge < -0.3 is 15.0 Å². The van der Waals surface area contributed by atoms with E-state index in [4.69, 9.17) is 4.74 Å². The van der Waals surface area contributed by atoms with Crippen molar-refractivity contribution in [3.63, 3.8) is 0 Å². The Kier molecular flexibility index (Phi) is 7.33. The van der Waals surface area contributed by atoms with Crippen LogP contribution >= 0.6 is 15.9 Å². The van der Waals surface area contributed by atoms with Crippen LogP contribution in [0.15, 0.2) is 69.5 Å². The second-order valence-electron chi connectivity index (χ2n) is 9.84. The Balaban J connectivity index is 1.52. The summed E-state index contributed by atoms with van der Waals surface area (Å²) in [7, 11) is 0. The first-order chi connectivity index (χ1) is 17.9. The molecular formula is C30H31BrN2O4. The number of halogens is 1. The fraction of sp³-hybridized carbons (Fsp3) is 0.367. The van der Waals surface area contributed by atoms with Gasteiger partial charge in [-0.1, -0.05) is 33.6 Å². The number of nitrogens with one attached hydrogen (secondary N) is 1. The van der Waals surface area contributed by atoms with Crippen molar-refractivity contribution in [2.45, 2.75) is 58.3 Å². The number of nitrogens with zero attached hydrogens (tertiary/aromatic N) is 1. The highest BCUT2D eigenvalue weighted by Crippen LogP contribution is 2.51. The number of ether oxygens (including phenoxy) is 1. The topological polar surface area (TPSA) is 75.7 Å². The van der Waals surface area contributed by atoms with Crippen LogP contribution < -0.4 is 10.1 Å². The average Bonchev–Trinajstić information content (AvgIpc) is 2.88. The molecule has 1 amide bonds. The van der Waals surface area contributed by atoms with Gasteiger partial charge in [0.25, 0.3) is 5.91 Å². The third-order valence-electron chi connectivity index (χ3n) is 7.38. The third kappa shape index (κ3) is 5.01. The average molecular weight is 563 g/mol. The van der Waals surface area contributed by atoms with Crippen LogP contribution in [0.4, 0.5) is 5.69 Å². The molecule has 0 saturated carbocycles. The standard InChI is InChI=1S/C30H31BrN2O4/c1-3-33-22-6-4-8-24(34)29(22)28(30-23(33)7-5-9-25(30)35)21-16-19(31)12-15-26(21)37-17-27(36)32-20-13-10-18(2)11-14-20/h10-16,28H,3-9,17H2,1-2H3,(H,32,36). The predicted molar refractivity (Wildman–Crippen MR) is 146 cm³/mol. The molecule has 2 aromatic carbocycles. The Morgan fingerprint density at radius 1 is 0.973 bits per heavy atom. The van der Waals surface area contributed by atoms with Crippen molar-refractivity contribution in [3.05, 3.63) is 80.6 Å². The summed E-state index contributed by atoms with van der Waals surface area (Å²) in [6, 6.07) is 13.2. The summed E-state index contributed by atoms with van der Waals surface area (Å²) in [6.07, 6.45) is 4.23. The van der Waals surface area contributed by atoms with E-state index in [2.05, 4.69) is 33.1 Å². The minimum atomic E-state index is -0.485. The smallest absolute Gasteiger partial charge is 0.262 e. The zero-order valence-electron chi connectivity index (χ0n) is 21.2. The van der Waals surface area contributed by atoms with Gasteiger partial charge in [-0.2, -0.15) is 0 Å². The van der Waals surface area contributed by atoms with Crippen molar-refractivity contribution in [1.29, 1.82) is 0 Å². The molecule has 0 aromatic heterocycles. The van der Waals surface area contributed by atoms with Crippen LogP contribution in [0.25, 0.3) is 0 Å². The number of allylic oxidation sites excluding steroid dienone is 4. The minimum Gasteiger partial charge on any atom is -0.483 e. The molecular weight excluding hydrogens is 532 g/mol. The van der Waals surface area contributed by atoms with Crippen LogP contribution in [0.2, 0.25) is 0 Å². The first kappa shape index (κ1) is 25.5. The lowest BCUT2D eigenvalue weighted by atomic mass is 9.70. The van der Waals surface area contributed by atoms with E-state index in [0.29, 0.717) is 35.4 Å². The molecule has 3 aliphatic rings. The lowest BCUT2D eigenvalue weighted by Gasteiger charge is -2.43. The highest BCUT2D eigenvalue weighted by atomic mass is 79.9. The molecule has 0 radical (unpaired) electrons. The number of aryl methyl sites for hydroxylation is 1. The second kappa shape index (κ2) is 10.7. The van der Waals surface area contributed by atoms with E-state index in [0.717, 1.165) is 59.2 Å². The van der Waals surface area contributed by atoms with E-state index in [1.807, 2.05) is 49.4 Å². The molecule has 1 N–H and O–H groups in total. The number of carbonyl (C=O) groups excluding carboxylic acids is 3. The van der Waals surface area contributed by atoms with E-state index in [1.165, 1.54) is 0 Å². The molecule has 5 rings (SSSR count).